The van der Waals surface area contributed by atoms with Gasteiger partial charge in [0.25, 0.3) is 0 Å². The number of rotatable bonds is 6. The first-order valence-electron chi connectivity index (χ1n) is 6.03. The van der Waals surface area contributed by atoms with Crippen molar-refractivity contribution in [2.75, 3.05) is 0 Å². The van der Waals surface area contributed by atoms with Gasteiger partial charge in [-0.1, -0.05) is 51.4 Å². The highest BCUT2D eigenvalue weighted by atomic mass is 32.2. The van der Waals surface area contributed by atoms with E-state index in [2.05, 4.69) is 36.2 Å². The molecule has 0 rings (SSSR count). The van der Waals surface area contributed by atoms with Crippen molar-refractivity contribution >= 4 is 11.8 Å². The second-order valence-corrected chi connectivity index (χ2v) is 4.19. The molecule has 15 heavy (non-hydrogen) atoms. The van der Waals surface area contributed by atoms with E-state index in [0.29, 0.717) is 0 Å². The predicted octanol–water partition coefficient (Wildman–Crippen LogP) is 4.80. The second kappa shape index (κ2) is 13.5. The Kier molecular flexibility index (Phi) is 13.0. The molecule has 0 fully saturated rings. The highest BCUT2D eigenvalue weighted by molar-refractivity contribution is 8.08. The predicted molar refractivity (Wildman–Crippen MR) is 71.4 cm³/mol. The third-order valence-electron chi connectivity index (χ3n) is 2.06. The minimum atomic E-state index is 1.03. The molecule has 0 radical (unpaired) electrons. The SMILES string of the molecule is CCCCCC#CSC#CCCCCC. The largest absolute Gasteiger partial charge is 0.0903 e. The lowest BCUT2D eigenvalue weighted by molar-refractivity contribution is 0.737. The summed E-state index contributed by atoms with van der Waals surface area (Å²) in [5.74, 6) is 6.27. The van der Waals surface area contributed by atoms with Crippen LogP contribution in [0.25, 0.3) is 0 Å². The topological polar surface area (TPSA) is 0 Å². The third-order valence-corrected chi connectivity index (χ3v) is 2.55. The molecule has 0 spiro atoms. The Morgan fingerprint density at radius 1 is 0.733 bits per heavy atom. The first-order chi connectivity index (χ1) is 7.41. The van der Waals surface area contributed by atoms with Crippen molar-refractivity contribution in [3.05, 3.63) is 0 Å². The molecule has 0 aromatic heterocycles. The molecule has 0 N–H and O–H groups in total. The molecule has 0 aromatic rings. The Morgan fingerprint density at radius 3 is 1.60 bits per heavy atom. The Labute approximate surface area is 99.6 Å². The van der Waals surface area contributed by atoms with Gasteiger partial charge in [0.2, 0.25) is 0 Å². The maximum absolute atomic E-state index is 3.13. The van der Waals surface area contributed by atoms with Crippen LogP contribution in [0.3, 0.4) is 0 Å². The lowest BCUT2D eigenvalue weighted by Gasteiger charge is -1.87. The number of unbranched alkanes of at least 4 members (excludes halogenated alkanes) is 6. The third kappa shape index (κ3) is 13.5. The highest BCUT2D eigenvalue weighted by Gasteiger charge is 1.81. The minimum absolute atomic E-state index is 1.03. The first kappa shape index (κ1) is 14.5. The lowest BCUT2D eigenvalue weighted by Crippen LogP contribution is -1.70. The van der Waals surface area contributed by atoms with Crippen LogP contribution in [-0.4, -0.2) is 0 Å². The van der Waals surface area contributed by atoms with Crippen molar-refractivity contribution in [1.82, 2.24) is 0 Å². The van der Waals surface area contributed by atoms with Crippen molar-refractivity contribution < 1.29 is 0 Å². The fourth-order valence-corrected chi connectivity index (χ4v) is 1.53. The van der Waals surface area contributed by atoms with Crippen LogP contribution in [0.4, 0.5) is 0 Å². The molecular weight excluding hydrogens is 200 g/mol. The van der Waals surface area contributed by atoms with Crippen LogP contribution < -0.4 is 0 Å². The van der Waals surface area contributed by atoms with Crippen LogP contribution in [0.2, 0.25) is 0 Å². The smallest absolute Gasteiger partial charge is 0.0134 e. The molecule has 0 aliphatic heterocycles. The Hall–Kier alpha value is -0.530. The zero-order chi connectivity index (χ0) is 11.2. The zero-order valence-electron chi connectivity index (χ0n) is 10.1. The van der Waals surface area contributed by atoms with E-state index in [0.717, 1.165) is 12.8 Å². The summed E-state index contributed by atoms with van der Waals surface area (Å²) in [6.45, 7) is 4.42. The molecule has 0 bridgehead atoms. The van der Waals surface area contributed by atoms with Crippen molar-refractivity contribution in [1.29, 1.82) is 0 Å². The van der Waals surface area contributed by atoms with E-state index in [1.165, 1.54) is 50.3 Å². The van der Waals surface area contributed by atoms with Gasteiger partial charge >= 0.3 is 0 Å². The van der Waals surface area contributed by atoms with Crippen LogP contribution in [0.5, 0.6) is 0 Å². The van der Waals surface area contributed by atoms with Gasteiger partial charge < -0.3 is 0 Å². The van der Waals surface area contributed by atoms with E-state index < -0.39 is 0 Å². The van der Waals surface area contributed by atoms with Crippen molar-refractivity contribution in [2.24, 2.45) is 0 Å². The van der Waals surface area contributed by atoms with E-state index in [-0.39, 0.29) is 0 Å². The summed E-state index contributed by atoms with van der Waals surface area (Å²) in [5.41, 5.74) is 0. The van der Waals surface area contributed by atoms with E-state index in [1.807, 2.05) is 0 Å². The summed E-state index contributed by atoms with van der Waals surface area (Å²) in [7, 11) is 0. The summed E-state index contributed by atoms with van der Waals surface area (Å²) >= 11 is 1.45. The number of thioether (sulfide) groups is 1. The minimum Gasteiger partial charge on any atom is -0.0903 e. The molecule has 1 heteroatoms. The van der Waals surface area contributed by atoms with Gasteiger partial charge in [0.1, 0.15) is 0 Å². The average Bonchev–Trinajstić information content (AvgIpc) is 2.26. The molecule has 0 nitrogen and oxygen atoms in total. The molecule has 0 saturated heterocycles. The summed E-state index contributed by atoms with van der Waals surface area (Å²) < 4.78 is 0. The Balaban J connectivity index is 3.26. The van der Waals surface area contributed by atoms with Gasteiger partial charge in [0.05, 0.1) is 0 Å². The van der Waals surface area contributed by atoms with Gasteiger partial charge in [-0.3, -0.25) is 0 Å². The first-order valence-corrected chi connectivity index (χ1v) is 6.85. The molecule has 0 aromatic carbocycles. The average molecular weight is 222 g/mol. The van der Waals surface area contributed by atoms with Gasteiger partial charge in [0, 0.05) is 24.6 Å². The van der Waals surface area contributed by atoms with Crippen LogP contribution >= 0.6 is 11.8 Å². The van der Waals surface area contributed by atoms with Crippen LogP contribution in [-0.2, 0) is 0 Å². The normalized spacial score (nSPS) is 8.67. The van der Waals surface area contributed by atoms with Crippen LogP contribution in [0.15, 0.2) is 0 Å². The lowest BCUT2D eigenvalue weighted by atomic mass is 10.2. The van der Waals surface area contributed by atoms with Crippen LogP contribution in [0.1, 0.15) is 65.2 Å². The molecular formula is C14H22S. The van der Waals surface area contributed by atoms with E-state index in [1.54, 1.807) is 0 Å². The van der Waals surface area contributed by atoms with E-state index in [9.17, 15) is 0 Å². The fourth-order valence-electron chi connectivity index (χ4n) is 1.13. The molecule has 0 aliphatic carbocycles. The molecule has 0 saturated carbocycles. The quantitative estimate of drug-likeness (QED) is 0.459. The van der Waals surface area contributed by atoms with Gasteiger partial charge in [-0.2, -0.15) is 0 Å². The summed E-state index contributed by atoms with van der Waals surface area (Å²) in [4.78, 5) is 0. The summed E-state index contributed by atoms with van der Waals surface area (Å²) in [6.07, 6.45) is 9.64. The standard InChI is InChI=1S/C14H22S/c1-3-5-7-9-11-13-15-14-12-10-8-6-4-2/h3-10H2,1-2H3. The Morgan fingerprint density at radius 2 is 1.20 bits per heavy atom. The molecule has 0 unspecified atom stereocenters. The van der Waals surface area contributed by atoms with Crippen molar-refractivity contribution in [2.45, 2.75) is 65.2 Å². The monoisotopic (exact) mass is 222 g/mol. The van der Waals surface area contributed by atoms with Gasteiger partial charge in [-0.05, 0) is 23.3 Å². The van der Waals surface area contributed by atoms with E-state index in [4.69, 9.17) is 0 Å². The molecule has 0 heterocycles. The number of hydrogen-bond acceptors (Lipinski definition) is 1. The number of hydrogen-bond donors (Lipinski definition) is 0. The fraction of sp³-hybridized carbons (Fsp3) is 0.714. The van der Waals surface area contributed by atoms with Crippen molar-refractivity contribution in [3.8, 4) is 22.3 Å². The highest BCUT2D eigenvalue weighted by Crippen LogP contribution is 2.00. The molecule has 0 amide bonds. The van der Waals surface area contributed by atoms with Gasteiger partial charge in [0.15, 0.2) is 0 Å². The zero-order valence-corrected chi connectivity index (χ0v) is 10.9. The second-order valence-electron chi connectivity index (χ2n) is 3.57. The maximum atomic E-state index is 3.13. The summed E-state index contributed by atoms with van der Waals surface area (Å²) in [5, 5.41) is 6.06. The Bertz CT molecular complexity index is 208. The molecule has 0 atom stereocenters. The maximum Gasteiger partial charge on any atom is 0.0134 e. The van der Waals surface area contributed by atoms with E-state index >= 15 is 0 Å². The molecule has 84 valence electrons. The van der Waals surface area contributed by atoms with Gasteiger partial charge in [-0.15, -0.1) is 0 Å². The summed E-state index contributed by atoms with van der Waals surface area (Å²) in [6, 6.07) is 0. The van der Waals surface area contributed by atoms with Crippen LogP contribution in [0, 0.1) is 22.3 Å². The van der Waals surface area contributed by atoms with Crippen molar-refractivity contribution in [3.63, 3.8) is 0 Å². The van der Waals surface area contributed by atoms with Gasteiger partial charge in [-0.25, -0.2) is 0 Å². The molecule has 0 aliphatic rings.